The molecule has 0 saturated heterocycles. The maximum Gasteiger partial charge on any atom is 0.322 e. The number of amides is 1. The molecule has 0 atom stereocenters. The summed E-state index contributed by atoms with van der Waals surface area (Å²) < 4.78 is 0. The topological polar surface area (TPSA) is 78.4 Å². The van der Waals surface area contributed by atoms with Gasteiger partial charge in [0.15, 0.2) is 0 Å². The van der Waals surface area contributed by atoms with E-state index < -0.39 is 5.97 Å². The summed E-state index contributed by atoms with van der Waals surface area (Å²) in [6, 6.07) is 14.3. The number of hydrogen-bond donors (Lipinski definition) is 3. The molecule has 0 heterocycles. The van der Waals surface area contributed by atoms with Gasteiger partial charge in [-0.15, -0.1) is 0 Å². The van der Waals surface area contributed by atoms with Crippen LogP contribution < -0.4 is 10.6 Å². The minimum Gasteiger partial charge on any atom is -0.480 e. The fraction of sp³-hybridized carbons (Fsp3) is 0.125. The van der Waals surface area contributed by atoms with Crippen LogP contribution in [0.15, 0.2) is 48.5 Å². The molecule has 3 N–H and O–H groups in total. The fourth-order valence-electron chi connectivity index (χ4n) is 1.92. The van der Waals surface area contributed by atoms with Gasteiger partial charge in [-0.05, 0) is 42.8 Å². The van der Waals surface area contributed by atoms with E-state index in [2.05, 4.69) is 10.6 Å². The first-order chi connectivity index (χ1) is 10.0. The van der Waals surface area contributed by atoms with Crippen LogP contribution in [0, 0.1) is 6.92 Å². The van der Waals surface area contributed by atoms with E-state index in [1.54, 1.807) is 30.3 Å². The molecule has 0 aromatic heterocycles. The Morgan fingerprint density at radius 2 is 1.76 bits per heavy atom. The van der Waals surface area contributed by atoms with Gasteiger partial charge in [0.1, 0.15) is 6.54 Å². The normalized spacial score (nSPS) is 9.95. The maximum absolute atomic E-state index is 12.2. The van der Waals surface area contributed by atoms with E-state index in [-0.39, 0.29) is 12.5 Å². The van der Waals surface area contributed by atoms with E-state index in [0.29, 0.717) is 16.9 Å². The molecule has 0 spiro atoms. The van der Waals surface area contributed by atoms with Crippen LogP contribution in [0.25, 0.3) is 0 Å². The van der Waals surface area contributed by atoms with E-state index in [9.17, 15) is 9.59 Å². The highest BCUT2D eigenvalue weighted by Crippen LogP contribution is 2.16. The standard InChI is InChI=1S/C16H16N2O3/c1-11-7-12(9-14(8-11)17-10-15(19)20)16(21)18-13-5-3-2-4-6-13/h2-9,17H,10H2,1H3,(H,18,21)(H,19,20). The van der Waals surface area contributed by atoms with Crippen LogP contribution in [0.1, 0.15) is 15.9 Å². The Balaban J connectivity index is 2.15. The van der Waals surface area contributed by atoms with Gasteiger partial charge in [-0.25, -0.2) is 0 Å². The number of aryl methyl sites for hydroxylation is 1. The minimum absolute atomic E-state index is 0.191. The summed E-state index contributed by atoms with van der Waals surface area (Å²) >= 11 is 0. The Morgan fingerprint density at radius 3 is 2.43 bits per heavy atom. The summed E-state index contributed by atoms with van der Waals surface area (Å²) in [5.41, 5.74) is 2.68. The van der Waals surface area contributed by atoms with Gasteiger partial charge in [-0.2, -0.15) is 0 Å². The van der Waals surface area contributed by atoms with Gasteiger partial charge in [0, 0.05) is 16.9 Å². The number of carbonyl (C=O) groups excluding carboxylic acids is 1. The number of carboxylic acid groups (broad SMARTS) is 1. The highest BCUT2D eigenvalue weighted by molar-refractivity contribution is 6.05. The van der Waals surface area contributed by atoms with Crippen LogP contribution in [0.5, 0.6) is 0 Å². The molecule has 2 rings (SSSR count). The molecule has 0 aliphatic carbocycles. The zero-order valence-corrected chi connectivity index (χ0v) is 11.6. The second-order valence-electron chi connectivity index (χ2n) is 4.66. The molecule has 0 radical (unpaired) electrons. The van der Waals surface area contributed by atoms with Gasteiger partial charge in [-0.3, -0.25) is 9.59 Å². The van der Waals surface area contributed by atoms with Gasteiger partial charge in [0.2, 0.25) is 0 Å². The molecule has 1 amide bonds. The summed E-state index contributed by atoms with van der Waals surface area (Å²) in [5.74, 6) is -1.19. The molecular formula is C16H16N2O3. The molecule has 0 bridgehead atoms. The van der Waals surface area contributed by atoms with Crippen molar-refractivity contribution in [3.63, 3.8) is 0 Å². The molecule has 2 aromatic carbocycles. The zero-order chi connectivity index (χ0) is 15.2. The quantitative estimate of drug-likeness (QED) is 0.789. The Kier molecular flexibility index (Phi) is 4.56. The van der Waals surface area contributed by atoms with E-state index in [0.717, 1.165) is 5.56 Å². The first-order valence-corrected chi connectivity index (χ1v) is 6.48. The molecule has 21 heavy (non-hydrogen) atoms. The van der Waals surface area contributed by atoms with Crippen molar-refractivity contribution in [3.8, 4) is 0 Å². The van der Waals surface area contributed by atoms with Crippen LogP contribution in [0.3, 0.4) is 0 Å². The average molecular weight is 284 g/mol. The number of benzene rings is 2. The average Bonchev–Trinajstić information content (AvgIpc) is 2.45. The smallest absolute Gasteiger partial charge is 0.322 e. The van der Waals surface area contributed by atoms with Crippen molar-refractivity contribution < 1.29 is 14.7 Å². The second kappa shape index (κ2) is 6.56. The molecule has 5 heteroatoms. The van der Waals surface area contributed by atoms with Gasteiger partial charge >= 0.3 is 5.97 Å². The van der Waals surface area contributed by atoms with E-state index in [1.807, 2.05) is 25.1 Å². The van der Waals surface area contributed by atoms with E-state index in [4.69, 9.17) is 5.11 Å². The molecule has 0 unspecified atom stereocenters. The Morgan fingerprint density at radius 1 is 1.05 bits per heavy atom. The number of para-hydroxylation sites is 1. The largest absolute Gasteiger partial charge is 0.480 e. The number of carboxylic acids is 1. The number of carbonyl (C=O) groups is 2. The van der Waals surface area contributed by atoms with Crippen molar-refractivity contribution >= 4 is 23.3 Å². The van der Waals surface area contributed by atoms with Crippen LogP contribution in [0.4, 0.5) is 11.4 Å². The number of hydrogen-bond acceptors (Lipinski definition) is 3. The molecule has 0 aliphatic heterocycles. The number of anilines is 2. The first kappa shape index (κ1) is 14.6. The predicted molar refractivity (Wildman–Crippen MR) is 81.7 cm³/mol. The maximum atomic E-state index is 12.2. The van der Waals surface area contributed by atoms with Gasteiger partial charge < -0.3 is 15.7 Å². The summed E-state index contributed by atoms with van der Waals surface area (Å²) in [6.45, 7) is 1.66. The third-order valence-corrected chi connectivity index (χ3v) is 2.81. The van der Waals surface area contributed by atoms with E-state index >= 15 is 0 Å². The molecular weight excluding hydrogens is 268 g/mol. The first-order valence-electron chi connectivity index (χ1n) is 6.48. The lowest BCUT2D eigenvalue weighted by Crippen LogP contribution is -2.15. The predicted octanol–water partition coefficient (Wildman–Crippen LogP) is 2.74. The molecule has 5 nitrogen and oxygen atoms in total. The lowest BCUT2D eigenvalue weighted by molar-refractivity contribution is -0.134. The molecule has 108 valence electrons. The van der Waals surface area contributed by atoms with Crippen LogP contribution >= 0.6 is 0 Å². The van der Waals surface area contributed by atoms with E-state index in [1.165, 1.54) is 0 Å². The van der Waals surface area contributed by atoms with Gasteiger partial charge in [0.25, 0.3) is 5.91 Å². The van der Waals surface area contributed by atoms with Crippen molar-refractivity contribution in [2.24, 2.45) is 0 Å². The summed E-state index contributed by atoms with van der Waals surface area (Å²) in [5, 5.41) is 14.2. The highest BCUT2D eigenvalue weighted by Gasteiger charge is 2.08. The van der Waals surface area contributed by atoms with Crippen molar-refractivity contribution in [2.45, 2.75) is 6.92 Å². The van der Waals surface area contributed by atoms with Crippen molar-refractivity contribution in [2.75, 3.05) is 17.2 Å². The number of nitrogens with one attached hydrogen (secondary N) is 2. The Hall–Kier alpha value is -2.82. The molecule has 0 aliphatic rings. The number of aliphatic carboxylic acids is 1. The molecule has 2 aromatic rings. The van der Waals surface area contributed by atoms with Gasteiger partial charge in [0.05, 0.1) is 0 Å². The molecule has 0 saturated carbocycles. The zero-order valence-electron chi connectivity index (χ0n) is 11.6. The summed E-state index contributed by atoms with van der Waals surface area (Å²) in [6.07, 6.45) is 0. The minimum atomic E-state index is -0.952. The Bertz CT molecular complexity index is 654. The summed E-state index contributed by atoms with van der Waals surface area (Å²) in [4.78, 5) is 22.8. The van der Waals surface area contributed by atoms with Crippen LogP contribution in [-0.2, 0) is 4.79 Å². The lowest BCUT2D eigenvalue weighted by atomic mass is 10.1. The van der Waals surface area contributed by atoms with Crippen molar-refractivity contribution in [1.82, 2.24) is 0 Å². The third kappa shape index (κ3) is 4.35. The summed E-state index contributed by atoms with van der Waals surface area (Å²) in [7, 11) is 0. The lowest BCUT2D eigenvalue weighted by Gasteiger charge is -2.09. The van der Waals surface area contributed by atoms with Crippen LogP contribution in [0.2, 0.25) is 0 Å². The SMILES string of the molecule is Cc1cc(NCC(=O)O)cc(C(=O)Nc2ccccc2)c1. The van der Waals surface area contributed by atoms with Gasteiger partial charge in [-0.1, -0.05) is 18.2 Å². The highest BCUT2D eigenvalue weighted by atomic mass is 16.4. The second-order valence-corrected chi connectivity index (χ2v) is 4.66. The third-order valence-electron chi connectivity index (χ3n) is 2.81. The number of rotatable bonds is 5. The van der Waals surface area contributed by atoms with Crippen LogP contribution in [-0.4, -0.2) is 23.5 Å². The Labute approximate surface area is 122 Å². The van der Waals surface area contributed by atoms with Crippen molar-refractivity contribution in [3.05, 3.63) is 59.7 Å². The fourth-order valence-corrected chi connectivity index (χ4v) is 1.92. The molecule has 0 fully saturated rings. The monoisotopic (exact) mass is 284 g/mol. The van der Waals surface area contributed by atoms with Crippen molar-refractivity contribution in [1.29, 1.82) is 0 Å².